The number of piperidine rings is 1. The molecule has 0 aliphatic carbocycles. The zero-order valence-corrected chi connectivity index (χ0v) is 19.1. The third-order valence-electron chi connectivity index (χ3n) is 5.85. The van der Waals surface area contributed by atoms with Gasteiger partial charge in [-0.15, -0.1) is 0 Å². The number of sulfonamides is 1. The van der Waals surface area contributed by atoms with Crippen molar-refractivity contribution >= 4 is 15.9 Å². The van der Waals surface area contributed by atoms with Gasteiger partial charge in [-0.05, 0) is 49.1 Å². The van der Waals surface area contributed by atoms with E-state index in [1.54, 1.807) is 0 Å². The molecule has 2 aromatic rings. The molecular weight excluding hydrogens is 432 g/mol. The number of carbonyl (C=O) groups excluding carboxylic acids is 1. The SMILES string of the molecule is COc1ccc(S(=O)(=O)N2CCC(C)CC2)cc1C(=O)NCC1COc2ccccc2O1. The van der Waals surface area contributed by atoms with E-state index in [1.165, 1.54) is 29.6 Å². The lowest BCUT2D eigenvalue weighted by atomic mass is 10.0. The number of hydrogen-bond donors (Lipinski definition) is 1. The molecule has 4 rings (SSSR count). The van der Waals surface area contributed by atoms with Gasteiger partial charge in [0.2, 0.25) is 10.0 Å². The van der Waals surface area contributed by atoms with Crippen molar-refractivity contribution in [1.29, 1.82) is 0 Å². The van der Waals surface area contributed by atoms with E-state index in [1.807, 2.05) is 24.3 Å². The molecule has 1 atom stereocenters. The van der Waals surface area contributed by atoms with Crippen molar-refractivity contribution in [2.45, 2.75) is 30.8 Å². The average molecular weight is 461 g/mol. The Morgan fingerprint density at radius 1 is 1.16 bits per heavy atom. The predicted molar refractivity (Wildman–Crippen MR) is 119 cm³/mol. The lowest BCUT2D eigenvalue weighted by molar-refractivity contribution is 0.0787. The van der Waals surface area contributed by atoms with E-state index in [0.717, 1.165) is 12.8 Å². The second-order valence-corrected chi connectivity index (χ2v) is 10.1. The second kappa shape index (κ2) is 9.38. The maximum absolute atomic E-state index is 13.1. The number of nitrogens with zero attached hydrogens (tertiary/aromatic N) is 1. The molecule has 9 heteroatoms. The second-order valence-electron chi connectivity index (χ2n) is 8.16. The van der Waals surface area contributed by atoms with Gasteiger partial charge in [-0.25, -0.2) is 8.42 Å². The Hall–Kier alpha value is -2.78. The fourth-order valence-electron chi connectivity index (χ4n) is 3.86. The van der Waals surface area contributed by atoms with Gasteiger partial charge in [0.25, 0.3) is 5.91 Å². The fourth-order valence-corrected chi connectivity index (χ4v) is 5.36. The van der Waals surface area contributed by atoms with Gasteiger partial charge >= 0.3 is 0 Å². The molecule has 0 bridgehead atoms. The highest BCUT2D eigenvalue weighted by Gasteiger charge is 2.29. The first kappa shape index (κ1) is 22.4. The first-order valence-electron chi connectivity index (χ1n) is 10.7. The van der Waals surface area contributed by atoms with Crippen LogP contribution in [0.15, 0.2) is 47.4 Å². The van der Waals surface area contributed by atoms with Gasteiger partial charge in [-0.2, -0.15) is 4.31 Å². The molecule has 2 aromatic carbocycles. The number of methoxy groups -OCH3 is 1. The maximum atomic E-state index is 13.1. The molecule has 0 saturated carbocycles. The van der Waals surface area contributed by atoms with Crippen molar-refractivity contribution in [1.82, 2.24) is 9.62 Å². The number of fused-ring (bicyclic) bond motifs is 1. The number of hydrogen-bond acceptors (Lipinski definition) is 6. The zero-order chi connectivity index (χ0) is 22.7. The first-order valence-corrected chi connectivity index (χ1v) is 12.2. The topological polar surface area (TPSA) is 94.2 Å². The molecule has 0 spiro atoms. The van der Waals surface area contributed by atoms with E-state index in [-0.39, 0.29) is 23.1 Å². The van der Waals surface area contributed by atoms with Crippen LogP contribution in [0, 0.1) is 5.92 Å². The molecule has 2 heterocycles. The first-order chi connectivity index (χ1) is 15.4. The Morgan fingerprint density at radius 2 is 1.88 bits per heavy atom. The Bertz CT molecular complexity index is 1080. The van der Waals surface area contributed by atoms with Crippen LogP contribution in [0.25, 0.3) is 0 Å². The van der Waals surface area contributed by atoms with Gasteiger partial charge in [0.1, 0.15) is 18.5 Å². The number of para-hydroxylation sites is 2. The molecule has 2 aliphatic heterocycles. The van der Waals surface area contributed by atoms with Gasteiger partial charge in [0, 0.05) is 13.1 Å². The smallest absolute Gasteiger partial charge is 0.255 e. The minimum atomic E-state index is -3.68. The van der Waals surface area contributed by atoms with E-state index in [0.29, 0.717) is 42.9 Å². The molecular formula is C23H28N2O6S. The summed E-state index contributed by atoms with van der Waals surface area (Å²) in [7, 11) is -2.24. The van der Waals surface area contributed by atoms with Crippen molar-refractivity contribution in [2.24, 2.45) is 5.92 Å². The molecule has 1 amide bonds. The lowest BCUT2D eigenvalue weighted by Crippen LogP contribution is -2.41. The summed E-state index contributed by atoms with van der Waals surface area (Å²) >= 11 is 0. The van der Waals surface area contributed by atoms with Crippen LogP contribution in [0.4, 0.5) is 0 Å². The quantitative estimate of drug-likeness (QED) is 0.712. The van der Waals surface area contributed by atoms with Gasteiger partial charge < -0.3 is 19.5 Å². The molecule has 32 heavy (non-hydrogen) atoms. The van der Waals surface area contributed by atoms with Gasteiger partial charge in [0.15, 0.2) is 11.5 Å². The third-order valence-corrected chi connectivity index (χ3v) is 7.75. The number of nitrogens with one attached hydrogen (secondary N) is 1. The zero-order valence-electron chi connectivity index (χ0n) is 18.2. The lowest BCUT2D eigenvalue weighted by Gasteiger charge is -2.29. The van der Waals surface area contributed by atoms with E-state index < -0.39 is 15.9 Å². The largest absolute Gasteiger partial charge is 0.496 e. The molecule has 1 N–H and O–H groups in total. The van der Waals surface area contributed by atoms with Crippen molar-refractivity contribution in [2.75, 3.05) is 33.4 Å². The number of ether oxygens (including phenoxy) is 3. The van der Waals surface area contributed by atoms with E-state index >= 15 is 0 Å². The van der Waals surface area contributed by atoms with Crippen LogP contribution in [0.5, 0.6) is 17.2 Å². The molecule has 1 saturated heterocycles. The van der Waals surface area contributed by atoms with Gasteiger partial charge in [-0.1, -0.05) is 19.1 Å². The van der Waals surface area contributed by atoms with Gasteiger partial charge in [0.05, 0.1) is 24.1 Å². The van der Waals surface area contributed by atoms with Crippen LogP contribution in [-0.2, 0) is 10.0 Å². The summed E-state index contributed by atoms with van der Waals surface area (Å²) in [5.41, 5.74) is 0.163. The van der Waals surface area contributed by atoms with Crippen molar-refractivity contribution in [3.63, 3.8) is 0 Å². The Labute approximate surface area is 188 Å². The Balaban J connectivity index is 1.47. The highest BCUT2D eigenvalue weighted by Crippen LogP contribution is 2.31. The molecule has 0 aromatic heterocycles. The summed E-state index contributed by atoms with van der Waals surface area (Å²) in [6.07, 6.45) is 1.30. The molecule has 1 unspecified atom stereocenters. The Morgan fingerprint density at radius 3 is 2.59 bits per heavy atom. The van der Waals surface area contributed by atoms with E-state index in [2.05, 4.69) is 12.2 Å². The maximum Gasteiger partial charge on any atom is 0.255 e. The summed E-state index contributed by atoms with van der Waals surface area (Å²) in [5.74, 6) is 1.67. The van der Waals surface area contributed by atoms with E-state index in [4.69, 9.17) is 14.2 Å². The standard InChI is InChI=1S/C23H28N2O6S/c1-16-9-11-25(12-10-16)32(27,28)18-7-8-20(29-2)19(13-18)23(26)24-14-17-15-30-21-5-3-4-6-22(21)31-17/h3-8,13,16-17H,9-12,14-15H2,1-2H3,(H,24,26). The third kappa shape index (κ3) is 4.68. The van der Waals surface area contributed by atoms with Crippen LogP contribution in [0.1, 0.15) is 30.1 Å². The monoisotopic (exact) mass is 460 g/mol. The highest BCUT2D eigenvalue weighted by atomic mass is 32.2. The fraction of sp³-hybridized carbons (Fsp3) is 0.435. The Kier molecular flexibility index (Phi) is 6.57. The number of amides is 1. The summed E-state index contributed by atoms with van der Waals surface area (Å²) in [6.45, 7) is 3.60. The number of benzene rings is 2. The molecule has 2 aliphatic rings. The molecule has 172 valence electrons. The van der Waals surface area contributed by atoms with Crippen LogP contribution in [0.2, 0.25) is 0 Å². The van der Waals surface area contributed by atoms with Crippen LogP contribution in [-0.4, -0.2) is 58.1 Å². The number of carbonyl (C=O) groups is 1. The predicted octanol–water partition coefficient (Wildman–Crippen LogP) is 2.69. The van der Waals surface area contributed by atoms with Gasteiger partial charge in [-0.3, -0.25) is 4.79 Å². The highest BCUT2D eigenvalue weighted by molar-refractivity contribution is 7.89. The van der Waals surface area contributed by atoms with Crippen molar-refractivity contribution in [3.8, 4) is 17.2 Å². The minimum Gasteiger partial charge on any atom is -0.496 e. The average Bonchev–Trinajstić information content (AvgIpc) is 2.82. The van der Waals surface area contributed by atoms with Crippen LogP contribution < -0.4 is 19.5 Å². The van der Waals surface area contributed by atoms with Crippen molar-refractivity contribution < 1.29 is 27.4 Å². The van der Waals surface area contributed by atoms with Crippen LogP contribution in [0.3, 0.4) is 0 Å². The normalized spacial score (nSPS) is 19.4. The van der Waals surface area contributed by atoms with Crippen molar-refractivity contribution in [3.05, 3.63) is 48.0 Å². The number of rotatable bonds is 6. The molecule has 8 nitrogen and oxygen atoms in total. The summed E-state index contributed by atoms with van der Waals surface area (Å²) in [6, 6.07) is 11.7. The van der Waals surface area contributed by atoms with E-state index in [9.17, 15) is 13.2 Å². The molecule has 1 fully saturated rings. The molecule has 0 radical (unpaired) electrons. The summed E-state index contributed by atoms with van der Waals surface area (Å²) < 4.78 is 44.5. The summed E-state index contributed by atoms with van der Waals surface area (Å²) in [5, 5.41) is 2.81. The summed E-state index contributed by atoms with van der Waals surface area (Å²) in [4.78, 5) is 13.0. The minimum absolute atomic E-state index is 0.0872. The van der Waals surface area contributed by atoms with Crippen LogP contribution >= 0.6 is 0 Å².